The largest absolute Gasteiger partial charge is 0.612 e. The van der Waals surface area contributed by atoms with Crippen molar-refractivity contribution in [3.8, 4) is 22.4 Å². The number of anilines is 4. The van der Waals surface area contributed by atoms with E-state index in [4.69, 9.17) is 11.6 Å². The van der Waals surface area contributed by atoms with Gasteiger partial charge >= 0.3 is 0 Å². The number of piperidine rings is 1. The molecular weight excluding hydrogens is 947 g/mol. The molecule has 3 atom stereocenters. The van der Waals surface area contributed by atoms with Crippen molar-refractivity contribution in [1.29, 1.82) is 0 Å². The van der Waals surface area contributed by atoms with E-state index in [2.05, 4.69) is 123 Å². The van der Waals surface area contributed by atoms with Gasteiger partial charge in [-0.2, -0.15) is 0 Å². The predicted molar refractivity (Wildman–Crippen MR) is 291 cm³/mol. The van der Waals surface area contributed by atoms with Crippen molar-refractivity contribution in [1.82, 2.24) is 9.47 Å². The van der Waals surface area contributed by atoms with Gasteiger partial charge in [-0.3, -0.25) is 0 Å². The quantitative estimate of drug-likeness (QED) is 0.0497. The predicted octanol–water partition coefficient (Wildman–Crippen LogP) is 13.1. The molecule has 0 aliphatic carbocycles. The van der Waals surface area contributed by atoms with E-state index in [1.165, 1.54) is 29.7 Å². The maximum Gasteiger partial charge on any atom is 0.181 e. The van der Waals surface area contributed by atoms with Crippen LogP contribution in [0.1, 0.15) is 51.8 Å². The average molecular weight is 1010 g/mol. The van der Waals surface area contributed by atoms with Crippen LogP contribution in [0.15, 0.2) is 135 Å². The highest BCUT2D eigenvalue weighted by atomic mass is 35.5. The van der Waals surface area contributed by atoms with Gasteiger partial charge in [0.2, 0.25) is 0 Å². The SMILES string of the molecule is Cc1c([S+](C)[O-])c(-c2cc(F)cc(N3CCN(c4ccc(NSc5ccc(NC(CCN6CCC(C)CC6)CSc6ccccc6)c([S+](C)[O-])c5)cc4)CC3)c2)c(-c2ccc(Cl)cc2)n1C(C)C. The smallest absolute Gasteiger partial charge is 0.181 e. The first kappa shape index (κ1) is 50.5. The van der Waals surface area contributed by atoms with Crippen LogP contribution in [-0.4, -0.2) is 88.7 Å². The third-order valence-corrected chi connectivity index (χ3v) is 17.4. The Labute approximate surface area is 423 Å². The molecule has 68 heavy (non-hydrogen) atoms. The van der Waals surface area contributed by atoms with E-state index >= 15 is 4.39 Å². The molecule has 0 radical (unpaired) electrons. The van der Waals surface area contributed by atoms with Gasteiger partial charge in [-0.1, -0.05) is 48.9 Å². The summed E-state index contributed by atoms with van der Waals surface area (Å²) < 4.78 is 48.1. The Morgan fingerprint density at radius 3 is 2.09 bits per heavy atom. The fourth-order valence-electron chi connectivity index (χ4n) is 9.50. The molecule has 5 aromatic carbocycles. The second kappa shape index (κ2) is 23.3. The zero-order chi connectivity index (χ0) is 47.9. The summed E-state index contributed by atoms with van der Waals surface area (Å²) in [4.78, 5) is 11.0. The van der Waals surface area contributed by atoms with Gasteiger partial charge in [0.05, 0.1) is 22.6 Å². The first-order chi connectivity index (χ1) is 32.8. The lowest BCUT2D eigenvalue weighted by Gasteiger charge is -2.37. The molecule has 6 aromatic rings. The first-order valence-corrected chi connectivity index (χ1v) is 28.9. The third kappa shape index (κ3) is 12.5. The number of piperazine rings is 1. The maximum atomic E-state index is 15.7. The summed E-state index contributed by atoms with van der Waals surface area (Å²) in [6, 6.07) is 38.5. The van der Waals surface area contributed by atoms with E-state index in [1.807, 2.05) is 49.0 Å². The van der Waals surface area contributed by atoms with Gasteiger partial charge in [-0.15, -0.1) is 11.8 Å². The Bertz CT molecular complexity index is 2580. The van der Waals surface area contributed by atoms with E-state index in [-0.39, 0.29) is 17.9 Å². The van der Waals surface area contributed by atoms with Crippen LogP contribution in [0.3, 0.4) is 0 Å². The first-order valence-electron chi connectivity index (χ1n) is 23.6. The molecule has 1 aromatic heterocycles. The summed E-state index contributed by atoms with van der Waals surface area (Å²) >= 11 is 7.19. The van der Waals surface area contributed by atoms with Crippen molar-refractivity contribution >= 4 is 80.4 Å². The van der Waals surface area contributed by atoms with E-state index in [0.717, 1.165) is 124 Å². The minimum Gasteiger partial charge on any atom is -0.612 e. The van der Waals surface area contributed by atoms with Crippen molar-refractivity contribution in [2.75, 3.05) is 83.9 Å². The molecule has 8 rings (SSSR count). The minimum atomic E-state index is -1.32. The molecule has 0 spiro atoms. The Morgan fingerprint density at radius 2 is 1.44 bits per heavy atom. The van der Waals surface area contributed by atoms with Crippen LogP contribution < -0.4 is 19.8 Å². The topological polar surface area (TPSA) is 84.8 Å². The number of thioether (sulfide) groups is 1. The fourth-order valence-corrected chi connectivity index (χ4v) is 13.1. The van der Waals surface area contributed by atoms with Gasteiger partial charge in [0, 0.05) is 88.5 Å². The number of rotatable bonds is 18. The molecule has 3 unspecified atom stereocenters. The van der Waals surface area contributed by atoms with Crippen molar-refractivity contribution in [3.05, 3.63) is 132 Å². The molecule has 0 bridgehead atoms. The van der Waals surface area contributed by atoms with Crippen molar-refractivity contribution in [3.63, 3.8) is 0 Å². The Hall–Kier alpha value is -3.92. The molecular formula is C54H64ClFN6O2S4. The van der Waals surface area contributed by atoms with E-state index < -0.39 is 22.4 Å². The molecule has 2 fully saturated rings. The second-order valence-corrected chi connectivity index (χ2v) is 23.5. The number of halogens is 2. The lowest BCUT2D eigenvalue weighted by molar-refractivity contribution is 0.189. The molecule has 2 N–H and O–H groups in total. The number of aromatic nitrogens is 1. The summed E-state index contributed by atoms with van der Waals surface area (Å²) in [5.74, 6) is 1.41. The monoisotopic (exact) mass is 1010 g/mol. The Kier molecular flexibility index (Phi) is 17.3. The van der Waals surface area contributed by atoms with Crippen molar-refractivity contribution in [2.45, 2.75) is 78.6 Å². The molecule has 3 heterocycles. The Balaban J connectivity index is 0.904. The number of hydrogen-bond donors (Lipinski definition) is 2. The zero-order valence-electron chi connectivity index (χ0n) is 40.0. The molecule has 2 aliphatic rings. The third-order valence-electron chi connectivity index (χ3n) is 13.1. The van der Waals surface area contributed by atoms with Crippen molar-refractivity contribution < 1.29 is 13.5 Å². The lowest BCUT2D eigenvalue weighted by atomic mass is 9.99. The number of hydrogen-bond acceptors (Lipinski definition) is 9. The minimum absolute atomic E-state index is 0.0840. The number of nitrogens with zero attached hydrogens (tertiary/aromatic N) is 4. The molecule has 360 valence electrons. The summed E-state index contributed by atoms with van der Waals surface area (Å²) in [5, 5.41) is 4.46. The standard InChI is InChI=1S/C54H64ClFN6O2S4/c1-37(2)62-39(4)54(68(6)64)52(53(62)40-12-14-42(55)15-13-40)41-32-43(56)34-47(33-41)61-30-28-60(29-31-61)46-18-16-44(17-19-46)58-66-49-20-21-50(51(35-49)67(5)63)57-45(36-65-48-10-8-7-9-11-48)24-27-59-25-22-38(3)23-26-59/h7-21,32-35,37-38,45,57-58H,22-31,36H2,1-6H3. The van der Waals surface area contributed by atoms with Gasteiger partial charge in [0.1, 0.15) is 18.3 Å². The molecule has 8 nitrogen and oxygen atoms in total. The fraction of sp³-hybridized carbons (Fsp3) is 0.370. The van der Waals surface area contributed by atoms with Crippen LogP contribution in [-0.2, 0) is 22.4 Å². The summed E-state index contributed by atoms with van der Waals surface area (Å²) in [6.45, 7) is 15.0. The number of nitrogens with one attached hydrogen (secondary N) is 2. The molecule has 0 amide bonds. The van der Waals surface area contributed by atoms with Gasteiger partial charge < -0.3 is 38.4 Å². The van der Waals surface area contributed by atoms with E-state index in [0.29, 0.717) is 10.6 Å². The highest BCUT2D eigenvalue weighted by molar-refractivity contribution is 8.00. The highest BCUT2D eigenvalue weighted by Crippen LogP contribution is 2.45. The summed E-state index contributed by atoms with van der Waals surface area (Å²) in [6.07, 6.45) is 7.01. The van der Waals surface area contributed by atoms with E-state index in [9.17, 15) is 9.11 Å². The zero-order valence-corrected chi connectivity index (χ0v) is 44.0. The molecule has 14 heteroatoms. The second-order valence-electron chi connectivity index (χ2n) is 18.4. The maximum absolute atomic E-state index is 15.7. The van der Waals surface area contributed by atoms with Crippen LogP contribution >= 0.6 is 35.3 Å². The normalized spacial score (nSPS) is 16.3. The van der Waals surface area contributed by atoms with Crippen LogP contribution in [0.5, 0.6) is 0 Å². The average Bonchev–Trinajstić information content (AvgIpc) is 3.66. The number of likely N-dealkylation sites (tertiary alicyclic amines) is 1. The van der Waals surface area contributed by atoms with Gasteiger partial charge in [0.15, 0.2) is 9.79 Å². The van der Waals surface area contributed by atoms with Gasteiger partial charge in [-0.05, 0) is 183 Å². The van der Waals surface area contributed by atoms with Gasteiger partial charge in [-0.25, -0.2) is 4.39 Å². The number of benzene rings is 5. The molecule has 0 saturated carbocycles. The van der Waals surface area contributed by atoms with Crippen LogP contribution in [0.2, 0.25) is 5.02 Å². The summed E-state index contributed by atoms with van der Waals surface area (Å²) in [7, 11) is 0. The molecule has 2 aliphatic heterocycles. The van der Waals surface area contributed by atoms with Crippen molar-refractivity contribution in [2.24, 2.45) is 5.92 Å². The Morgan fingerprint density at radius 1 is 0.765 bits per heavy atom. The van der Waals surface area contributed by atoms with Gasteiger partial charge in [0.25, 0.3) is 0 Å². The molecule has 2 saturated heterocycles. The highest BCUT2D eigenvalue weighted by Gasteiger charge is 2.31. The lowest BCUT2D eigenvalue weighted by Crippen LogP contribution is -2.46. The van der Waals surface area contributed by atoms with Crippen LogP contribution in [0, 0.1) is 18.7 Å². The van der Waals surface area contributed by atoms with Crippen LogP contribution in [0.25, 0.3) is 22.4 Å². The van der Waals surface area contributed by atoms with E-state index in [1.54, 1.807) is 24.6 Å². The summed E-state index contributed by atoms with van der Waals surface area (Å²) in [5.41, 5.74) is 8.12. The van der Waals surface area contributed by atoms with Crippen LogP contribution in [0.4, 0.5) is 27.1 Å².